The third-order valence-corrected chi connectivity index (χ3v) is 5.28. The summed E-state index contributed by atoms with van der Waals surface area (Å²) in [6.45, 7) is 3.69. The van der Waals surface area contributed by atoms with Gasteiger partial charge in [0.15, 0.2) is 12.4 Å². The van der Waals surface area contributed by atoms with E-state index in [2.05, 4.69) is 5.10 Å². The molecule has 2 aromatic carbocycles. The molecule has 0 fully saturated rings. The number of rotatable bonds is 7. The van der Waals surface area contributed by atoms with E-state index in [1.54, 1.807) is 36.6 Å². The molecule has 0 aliphatic carbocycles. The Kier molecular flexibility index (Phi) is 5.98. The van der Waals surface area contributed by atoms with Crippen molar-refractivity contribution < 1.29 is 18.7 Å². The maximum absolute atomic E-state index is 13.0. The van der Waals surface area contributed by atoms with Crippen LogP contribution in [0.3, 0.4) is 0 Å². The number of hydrazone groups is 1. The second-order valence-electron chi connectivity index (χ2n) is 7.48. The minimum absolute atomic E-state index is 0.0685. The smallest absolute Gasteiger partial charge is 0.281 e. The lowest BCUT2D eigenvalue weighted by Gasteiger charge is -2.20. The summed E-state index contributed by atoms with van der Waals surface area (Å²) in [6.07, 6.45) is 2.61. The fourth-order valence-electron chi connectivity index (χ4n) is 3.52. The topological polar surface area (TPSA) is 72.1 Å². The number of furan rings is 1. The molecule has 1 aromatic heterocycles. The summed E-state index contributed by atoms with van der Waals surface area (Å²) in [4.78, 5) is 24.7. The molecule has 0 unspecified atom stereocenters. The van der Waals surface area contributed by atoms with Crippen LogP contribution >= 0.6 is 0 Å². The third kappa shape index (κ3) is 4.58. The van der Waals surface area contributed by atoms with E-state index >= 15 is 0 Å². The Labute approximate surface area is 181 Å². The Morgan fingerprint density at radius 1 is 1.10 bits per heavy atom. The van der Waals surface area contributed by atoms with Gasteiger partial charge < -0.3 is 9.15 Å². The monoisotopic (exact) mass is 416 g/mol. The molecule has 6 heteroatoms. The molecule has 1 atom stereocenters. The number of benzene rings is 2. The van der Waals surface area contributed by atoms with Gasteiger partial charge in [0.2, 0.25) is 0 Å². The molecule has 1 amide bonds. The number of Topliss-reactive ketones (excluding diaryl/α,β-unsaturated/α-hetero) is 1. The van der Waals surface area contributed by atoms with Crippen molar-refractivity contribution in [1.29, 1.82) is 0 Å². The first kappa shape index (κ1) is 20.6. The Morgan fingerprint density at radius 3 is 2.48 bits per heavy atom. The lowest BCUT2D eigenvalue weighted by atomic mass is 10.0. The molecule has 6 nitrogen and oxygen atoms in total. The molecule has 158 valence electrons. The molecule has 1 aliphatic heterocycles. The van der Waals surface area contributed by atoms with Crippen molar-refractivity contribution in [3.8, 4) is 5.75 Å². The van der Waals surface area contributed by atoms with Crippen molar-refractivity contribution >= 4 is 17.4 Å². The molecule has 2 heterocycles. The van der Waals surface area contributed by atoms with Crippen LogP contribution < -0.4 is 4.74 Å². The number of amides is 1. The van der Waals surface area contributed by atoms with Crippen LogP contribution in [0.5, 0.6) is 5.75 Å². The number of hydrogen-bond donors (Lipinski definition) is 0. The van der Waals surface area contributed by atoms with E-state index in [0.717, 1.165) is 16.8 Å². The Balaban J connectivity index is 1.49. The van der Waals surface area contributed by atoms with Crippen LogP contribution in [0.2, 0.25) is 0 Å². The first-order chi connectivity index (χ1) is 15.0. The van der Waals surface area contributed by atoms with Crippen molar-refractivity contribution in [1.82, 2.24) is 5.01 Å². The molecular formula is C25H24N2O4. The predicted molar refractivity (Wildman–Crippen MR) is 117 cm³/mol. The van der Waals surface area contributed by atoms with Crippen LogP contribution in [-0.2, 0) is 4.79 Å². The molecule has 4 rings (SSSR count). The molecule has 0 bridgehead atoms. The van der Waals surface area contributed by atoms with Crippen LogP contribution in [0.1, 0.15) is 53.1 Å². The first-order valence-electron chi connectivity index (χ1n) is 10.3. The van der Waals surface area contributed by atoms with Gasteiger partial charge in [0.1, 0.15) is 17.6 Å². The summed E-state index contributed by atoms with van der Waals surface area (Å²) in [5.74, 6) is 1.01. The summed E-state index contributed by atoms with van der Waals surface area (Å²) in [5, 5.41) is 6.05. The third-order valence-electron chi connectivity index (χ3n) is 5.28. The number of ether oxygens (including phenoxy) is 1. The van der Waals surface area contributed by atoms with E-state index in [1.807, 2.05) is 44.2 Å². The van der Waals surface area contributed by atoms with E-state index in [0.29, 0.717) is 29.9 Å². The Morgan fingerprint density at radius 2 is 1.84 bits per heavy atom. The van der Waals surface area contributed by atoms with E-state index in [4.69, 9.17) is 9.15 Å². The fraction of sp³-hybridized carbons (Fsp3) is 0.240. The van der Waals surface area contributed by atoms with Crippen molar-refractivity contribution in [2.75, 3.05) is 6.61 Å². The van der Waals surface area contributed by atoms with Crippen LogP contribution in [-0.4, -0.2) is 29.0 Å². The molecule has 0 saturated heterocycles. The average molecular weight is 416 g/mol. The lowest BCUT2D eigenvalue weighted by Crippen LogP contribution is -2.31. The second-order valence-corrected chi connectivity index (χ2v) is 7.48. The number of carbonyl (C=O) groups excluding carboxylic acids is 2. The Hall–Kier alpha value is -3.67. The standard InChI is InChI=1S/C25H24N2O4/c1-3-23(28)19-10-12-20(13-11-19)31-16-25(29)27-22(24-5-4-14-30-24)15-21(26-27)18-8-6-17(2)7-9-18/h4-14,22H,3,15-16H2,1-2H3/t22-/m0/s1. The highest BCUT2D eigenvalue weighted by Gasteiger charge is 2.35. The lowest BCUT2D eigenvalue weighted by molar-refractivity contribution is -0.135. The highest BCUT2D eigenvalue weighted by molar-refractivity contribution is 6.03. The largest absolute Gasteiger partial charge is 0.484 e. The molecule has 0 N–H and O–H groups in total. The summed E-state index contributed by atoms with van der Waals surface area (Å²) in [6, 6.07) is 18.2. The number of carbonyl (C=O) groups is 2. The summed E-state index contributed by atoms with van der Waals surface area (Å²) in [5.41, 5.74) is 3.61. The number of aryl methyl sites for hydroxylation is 1. The average Bonchev–Trinajstić information content (AvgIpc) is 3.48. The number of hydrogen-bond acceptors (Lipinski definition) is 5. The fourth-order valence-corrected chi connectivity index (χ4v) is 3.52. The van der Waals surface area contributed by atoms with Gasteiger partial charge in [-0.15, -0.1) is 0 Å². The molecule has 0 spiro atoms. The van der Waals surface area contributed by atoms with E-state index in [-0.39, 0.29) is 24.3 Å². The van der Waals surface area contributed by atoms with Crippen molar-refractivity contribution in [2.24, 2.45) is 5.10 Å². The predicted octanol–water partition coefficient (Wildman–Crippen LogP) is 4.94. The van der Waals surface area contributed by atoms with Gasteiger partial charge in [0.25, 0.3) is 5.91 Å². The molecule has 0 radical (unpaired) electrons. The normalized spacial score (nSPS) is 15.6. The minimum Gasteiger partial charge on any atom is -0.484 e. The number of nitrogens with zero attached hydrogens (tertiary/aromatic N) is 2. The first-order valence-corrected chi connectivity index (χ1v) is 10.3. The highest BCUT2D eigenvalue weighted by Crippen LogP contribution is 2.33. The maximum atomic E-state index is 13.0. The van der Waals surface area contributed by atoms with Crippen LogP contribution in [0, 0.1) is 6.92 Å². The highest BCUT2D eigenvalue weighted by atomic mass is 16.5. The Bertz CT molecular complexity index is 1080. The van der Waals surface area contributed by atoms with Crippen LogP contribution in [0.15, 0.2) is 76.4 Å². The second kappa shape index (κ2) is 9.00. The minimum atomic E-state index is -0.313. The summed E-state index contributed by atoms with van der Waals surface area (Å²) in [7, 11) is 0. The van der Waals surface area contributed by atoms with Gasteiger partial charge in [0.05, 0.1) is 12.0 Å². The number of ketones is 1. The SMILES string of the molecule is CCC(=O)c1ccc(OCC(=O)N2N=C(c3ccc(C)cc3)C[C@H]2c2ccco2)cc1. The van der Waals surface area contributed by atoms with Gasteiger partial charge in [-0.3, -0.25) is 9.59 Å². The molecule has 31 heavy (non-hydrogen) atoms. The van der Waals surface area contributed by atoms with Gasteiger partial charge in [-0.25, -0.2) is 5.01 Å². The maximum Gasteiger partial charge on any atom is 0.281 e. The van der Waals surface area contributed by atoms with Gasteiger partial charge in [-0.05, 0) is 48.9 Å². The zero-order valence-electron chi connectivity index (χ0n) is 17.6. The molecule has 0 saturated carbocycles. The van der Waals surface area contributed by atoms with Crippen LogP contribution in [0.25, 0.3) is 0 Å². The van der Waals surface area contributed by atoms with Gasteiger partial charge in [-0.1, -0.05) is 36.8 Å². The molecular weight excluding hydrogens is 392 g/mol. The van der Waals surface area contributed by atoms with Crippen molar-refractivity contribution in [2.45, 2.75) is 32.7 Å². The summed E-state index contributed by atoms with van der Waals surface area (Å²) < 4.78 is 11.2. The zero-order chi connectivity index (χ0) is 21.8. The summed E-state index contributed by atoms with van der Waals surface area (Å²) >= 11 is 0. The molecule has 1 aliphatic rings. The van der Waals surface area contributed by atoms with Gasteiger partial charge in [-0.2, -0.15) is 5.10 Å². The van der Waals surface area contributed by atoms with Gasteiger partial charge in [0, 0.05) is 18.4 Å². The van der Waals surface area contributed by atoms with E-state index < -0.39 is 0 Å². The zero-order valence-corrected chi connectivity index (χ0v) is 17.6. The van der Waals surface area contributed by atoms with Crippen LogP contribution in [0.4, 0.5) is 0 Å². The van der Waals surface area contributed by atoms with Gasteiger partial charge >= 0.3 is 0 Å². The van der Waals surface area contributed by atoms with Crippen molar-refractivity contribution in [3.63, 3.8) is 0 Å². The van der Waals surface area contributed by atoms with Crippen molar-refractivity contribution in [3.05, 3.63) is 89.4 Å². The molecule has 3 aromatic rings. The van der Waals surface area contributed by atoms with E-state index in [1.165, 1.54) is 5.01 Å². The van der Waals surface area contributed by atoms with E-state index in [9.17, 15) is 9.59 Å². The quantitative estimate of drug-likeness (QED) is 0.512.